The van der Waals surface area contributed by atoms with Crippen molar-refractivity contribution in [3.8, 4) is 0 Å². The molecule has 0 aliphatic heterocycles. The second-order valence-electron chi connectivity index (χ2n) is 3.91. The first kappa shape index (κ1) is 11.7. The number of benzene rings is 1. The van der Waals surface area contributed by atoms with E-state index < -0.39 is 0 Å². The first-order valence-corrected chi connectivity index (χ1v) is 5.81. The molecule has 1 aromatic carbocycles. The van der Waals surface area contributed by atoms with E-state index in [9.17, 15) is 0 Å². The molecule has 2 aromatic rings. The molecule has 0 aliphatic rings. The lowest BCUT2D eigenvalue weighted by Gasteiger charge is -2.08. The summed E-state index contributed by atoms with van der Waals surface area (Å²) in [7, 11) is 1.89. The summed E-state index contributed by atoms with van der Waals surface area (Å²) in [6.07, 6.45) is 1.03. The normalized spacial score (nSPS) is 10.7. The van der Waals surface area contributed by atoms with Gasteiger partial charge in [-0.2, -0.15) is 0 Å². The molecule has 0 amide bonds. The first-order chi connectivity index (χ1) is 8.35. The van der Waals surface area contributed by atoms with Crippen molar-refractivity contribution in [3.63, 3.8) is 0 Å². The van der Waals surface area contributed by atoms with E-state index in [0.29, 0.717) is 6.54 Å². The van der Waals surface area contributed by atoms with Gasteiger partial charge in [-0.3, -0.25) is 0 Å². The SMILES string of the molecule is CCc1ccccc1Cn1nnnc1CNC. The van der Waals surface area contributed by atoms with Gasteiger partial charge in [0.1, 0.15) is 0 Å². The van der Waals surface area contributed by atoms with E-state index in [4.69, 9.17) is 0 Å². The molecule has 0 aliphatic carbocycles. The molecule has 17 heavy (non-hydrogen) atoms. The Kier molecular flexibility index (Phi) is 3.82. The van der Waals surface area contributed by atoms with Crippen LogP contribution in [0.3, 0.4) is 0 Å². The Bertz CT molecular complexity index is 477. The molecule has 0 unspecified atom stereocenters. The molecule has 2 rings (SSSR count). The maximum absolute atomic E-state index is 4.02. The van der Waals surface area contributed by atoms with E-state index in [-0.39, 0.29) is 0 Å². The zero-order chi connectivity index (χ0) is 12.1. The standard InChI is InChI=1S/C12H17N5/c1-3-10-6-4-5-7-11(10)9-17-12(8-13-2)14-15-16-17/h4-7,13H,3,8-9H2,1-2H3. The molecule has 0 spiro atoms. The lowest BCUT2D eigenvalue weighted by molar-refractivity contribution is 0.598. The lowest BCUT2D eigenvalue weighted by Crippen LogP contribution is -2.14. The Balaban J connectivity index is 2.22. The maximum atomic E-state index is 4.02. The fourth-order valence-corrected chi connectivity index (χ4v) is 1.85. The number of aromatic nitrogens is 4. The molecule has 1 heterocycles. The highest BCUT2D eigenvalue weighted by Crippen LogP contribution is 2.11. The fourth-order valence-electron chi connectivity index (χ4n) is 1.85. The van der Waals surface area contributed by atoms with Crippen LogP contribution in [0.1, 0.15) is 23.9 Å². The summed E-state index contributed by atoms with van der Waals surface area (Å²) in [4.78, 5) is 0. The highest BCUT2D eigenvalue weighted by atomic mass is 15.5. The summed E-state index contributed by atoms with van der Waals surface area (Å²) in [6.45, 7) is 3.57. The van der Waals surface area contributed by atoms with Gasteiger partial charge in [0.2, 0.25) is 0 Å². The summed E-state index contributed by atoms with van der Waals surface area (Å²) in [5, 5.41) is 14.8. The van der Waals surface area contributed by atoms with Crippen LogP contribution < -0.4 is 5.32 Å². The van der Waals surface area contributed by atoms with E-state index in [2.05, 4.69) is 52.0 Å². The number of nitrogens with zero attached hydrogens (tertiary/aromatic N) is 4. The molecule has 5 heteroatoms. The predicted molar refractivity (Wildman–Crippen MR) is 65.5 cm³/mol. The Labute approximate surface area is 101 Å². The predicted octanol–water partition coefficient (Wildman–Crippen LogP) is 1.00. The van der Waals surface area contributed by atoms with Gasteiger partial charge in [-0.15, -0.1) is 5.10 Å². The van der Waals surface area contributed by atoms with Crippen molar-refractivity contribution in [1.82, 2.24) is 25.5 Å². The van der Waals surface area contributed by atoms with Crippen molar-refractivity contribution < 1.29 is 0 Å². The van der Waals surface area contributed by atoms with Crippen molar-refractivity contribution in [1.29, 1.82) is 0 Å². The minimum Gasteiger partial charge on any atom is -0.313 e. The number of rotatable bonds is 5. The van der Waals surface area contributed by atoms with Crippen molar-refractivity contribution in [2.75, 3.05) is 7.05 Å². The topological polar surface area (TPSA) is 55.6 Å². The van der Waals surface area contributed by atoms with Gasteiger partial charge in [-0.1, -0.05) is 31.2 Å². The average Bonchev–Trinajstić information content (AvgIpc) is 2.78. The summed E-state index contributed by atoms with van der Waals surface area (Å²) in [6, 6.07) is 8.40. The van der Waals surface area contributed by atoms with Gasteiger partial charge in [-0.05, 0) is 35.0 Å². The monoisotopic (exact) mass is 231 g/mol. The van der Waals surface area contributed by atoms with Crippen molar-refractivity contribution >= 4 is 0 Å². The average molecular weight is 231 g/mol. The third-order valence-electron chi connectivity index (χ3n) is 2.76. The van der Waals surface area contributed by atoms with Crippen molar-refractivity contribution in [2.45, 2.75) is 26.4 Å². The first-order valence-electron chi connectivity index (χ1n) is 5.81. The lowest BCUT2D eigenvalue weighted by atomic mass is 10.1. The Morgan fingerprint density at radius 2 is 2.00 bits per heavy atom. The molecule has 0 saturated carbocycles. The molecule has 1 N–H and O–H groups in total. The van der Waals surface area contributed by atoms with Gasteiger partial charge in [0, 0.05) is 0 Å². The van der Waals surface area contributed by atoms with Crippen molar-refractivity contribution in [3.05, 3.63) is 41.2 Å². The highest BCUT2D eigenvalue weighted by Gasteiger charge is 2.07. The largest absolute Gasteiger partial charge is 0.313 e. The summed E-state index contributed by atoms with van der Waals surface area (Å²) in [5.41, 5.74) is 2.62. The van der Waals surface area contributed by atoms with Gasteiger partial charge in [0.05, 0.1) is 13.1 Å². The molecule has 0 bridgehead atoms. The molecule has 0 radical (unpaired) electrons. The van der Waals surface area contributed by atoms with Crippen LogP contribution >= 0.6 is 0 Å². The van der Waals surface area contributed by atoms with Crippen LogP contribution in [-0.2, 0) is 19.5 Å². The second kappa shape index (κ2) is 5.54. The second-order valence-corrected chi connectivity index (χ2v) is 3.91. The van der Waals surface area contributed by atoms with E-state index >= 15 is 0 Å². The molecule has 90 valence electrons. The minimum atomic E-state index is 0.682. The third kappa shape index (κ3) is 2.68. The van der Waals surface area contributed by atoms with Crippen LogP contribution in [0.2, 0.25) is 0 Å². The van der Waals surface area contributed by atoms with Crippen LogP contribution in [0.15, 0.2) is 24.3 Å². The van der Waals surface area contributed by atoms with Crippen LogP contribution in [-0.4, -0.2) is 27.3 Å². The Hall–Kier alpha value is -1.75. The van der Waals surface area contributed by atoms with Crippen LogP contribution in [0.4, 0.5) is 0 Å². The molecule has 0 fully saturated rings. The minimum absolute atomic E-state index is 0.682. The smallest absolute Gasteiger partial charge is 0.165 e. The maximum Gasteiger partial charge on any atom is 0.165 e. The third-order valence-corrected chi connectivity index (χ3v) is 2.76. The quantitative estimate of drug-likeness (QED) is 0.834. The fraction of sp³-hybridized carbons (Fsp3) is 0.417. The highest BCUT2D eigenvalue weighted by molar-refractivity contribution is 5.27. The summed E-state index contributed by atoms with van der Waals surface area (Å²) < 4.78 is 1.84. The van der Waals surface area contributed by atoms with Gasteiger partial charge >= 0.3 is 0 Å². The molecule has 5 nitrogen and oxygen atoms in total. The number of hydrogen-bond acceptors (Lipinski definition) is 4. The van der Waals surface area contributed by atoms with Crippen LogP contribution in [0.25, 0.3) is 0 Å². The molecule has 0 atom stereocenters. The number of aryl methyl sites for hydroxylation is 1. The summed E-state index contributed by atoms with van der Waals surface area (Å²) >= 11 is 0. The van der Waals surface area contributed by atoms with Gasteiger partial charge in [-0.25, -0.2) is 4.68 Å². The zero-order valence-corrected chi connectivity index (χ0v) is 10.2. The van der Waals surface area contributed by atoms with Crippen molar-refractivity contribution in [2.24, 2.45) is 0 Å². The Morgan fingerprint density at radius 1 is 1.24 bits per heavy atom. The molecule has 0 saturated heterocycles. The van der Waals surface area contributed by atoms with Gasteiger partial charge in [0.15, 0.2) is 5.82 Å². The van der Waals surface area contributed by atoms with Gasteiger partial charge in [0.25, 0.3) is 0 Å². The van der Waals surface area contributed by atoms with Crippen LogP contribution in [0.5, 0.6) is 0 Å². The Morgan fingerprint density at radius 3 is 2.71 bits per heavy atom. The number of tetrazole rings is 1. The molecular formula is C12H17N5. The van der Waals surface area contributed by atoms with E-state index in [1.807, 2.05) is 11.7 Å². The number of hydrogen-bond donors (Lipinski definition) is 1. The van der Waals surface area contributed by atoms with Gasteiger partial charge < -0.3 is 5.32 Å². The number of nitrogens with one attached hydrogen (secondary N) is 1. The van der Waals surface area contributed by atoms with E-state index in [1.165, 1.54) is 11.1 Å². The summed E-state index contributed by atoms with van der Waals surface area (Å²) in [5.74, 6) is 0.860. The van der Waals surface area contributed by atoms with E-state index in [1.54, 1.807) is 0 Å². The molecular weight excluding hydrogens is 214 g/mol. The van der Waals surface area contributed by atoms with E-state index in [0.717, 1.165) is 18.8 Å². The van der Waals surface area contributed by atoms with Crippen LogP contribution in [0, 0.1) is 0 Å². The zero-order valence-electron chi connectivity index (χ0n) is 10.2. The molecule has 1 aromatic heterocycles.